The van der Waals surface area contributed by atoms with E-state index in [2.05, 4.69) is 15.5 Å². The molecule has 2 heterocycles. The first kappa shape index (κ1) is 20.3. The van der Waals surface area contributed by atoms with Crippen molar-refractivity contribution in [2.24, 2.45) is 0 Å². The highest BCUT2D eigenvalue weighted by Crippen LogP contribution is 2.28. The van der Waals surface area contributed by atoms with Crippen molar-refractivity contribution in [3.05, 3.63) is 59.2 Å². The summed E-state index contributed by atoms with van der Waals surface area (Å²) < 4.78 is 20.6. The zero-order chi connectivity index (χ0) is 20.1. The summed E-state index contributed by atoms with van der Waals surface area (Å²) in [6.07, 6.45) is 5.30. The van der Waals surface area contributed by atoms with Gasteiger partial charge in [0.2, 0.25) is 0 Å². The monoisotopic (exact) mass is 384 g/mol. The fourth-order valence-electron chi connectivity index (χ4n) is 3.97. The van der Waals surface area contributed by atoms with Crippen LogP contribution in [0.1, 0.15) is 43.1 Å². The molecule has 1 saturated heterocycles. The number of ether oxygens (including phenoxy) is 1. The van der Waals surface area contributed by atoms with Crippen LogP contribution in [0.25, 0.3) is 11.3 Å². The van der Waals surface area contributed by atoms with Gasteiger partial charge in [-0.25, -0.2) is 9.18 Å². The van der Waals surface area contributed by atoms with Crippen LogP contribution in [0.4, 0.5) is 4.39 Å². The fourth-order valence-corrected chi connectivity index (χ4v) is 3.97. The summed E-state index contributed by atoms with van der Waals surface area (Å²) in [5.41, 5.74) is 5.02. The van der Waals surface area contributed by atoms with E-state index in [1.165, 1.54) is 31.4 Å². The van der Waals surface area contributed by atoms with Crippen LogP contribution in [0.15, 0.2) is 36.4 Å². The smallest absolute Gasteiger partial charge is 0.331 e. The number of hydrogen-bond donors (Lipinski definition) is 0. The van der Waals surface area contributed by atoms with Crippen LogP contribution in [0, 0.1) is 19.7 Å². The second kappa shape index (κ2) is 9.20. The van der Waals surface area contributed by atoms with E-state index in [1.54, 1.807) is 18.2 Å². The summed E-state index contributed by atoms with van der Waals surface area (Å²) >= 11 is 0. The minimum absolute atomic E-state index is 0.251. The van der Waals surface area contributed by atoms with E-state index >= 15 is 0 Å². The number of halogens is 1. The van der Waals surface area contributed by atoms with Gasteiger partial charge in [0.25, 0.3) is 0 Å². The lowest BCUT2D eigenvalue weighted by Crippen LogP contribution is -2.31. The number of likely N-dealkylation sites (tertiary alicyclic amines) is 1. The van der Waals surface area contributed by atoms with Crippen LogP contribution in [0.3, 0.4) is 0 Å². The third-order valence-electron chi connectivity index (χ3n) is 5.28. The van der Waals surface area contributed by atoms with E-state index in [0.717, 1.165) is 47.8 Å². The molecule has 0 atom stereocenters. The maximum atomic E-state index is 13.3. The normalized spacial score (nSPS) is 15.6. The second-order valence-corrected chi connectivity index (χ2v) is 7.36. The van der Waals surface area contributed by atoms with Crippen LogP contribution < -0.4 is 0 Å². The van der Waals surface area contributed by atoms with Crippen molar-refractivity contribution in [1.82, 2.24) is 9.47 Å². The Morgan fingerprint density at radius 3 is 2.46 bits per heavy atom. The molecule has 1 fully saturated rings. The zero-order valence-electron chi connectivity index (χ0n) is 17.0. The number of benzene rings is 1. The summed E-state index contributed by atoms with van der Waals surface area (Å²) in [5.74, 6) is -0.555. The van der Waals surface area contributed by atoms with Gasteiger partial charge in [0.15, 0.2) is 0 Å². The maximum absolute atomic E-state index is 13.3. The zero-order valence-corrected chi connectivity index (χ0v) is 17.0. The number of rotatable bonds is 6. The third-order valence-corrected chi connectivity index (χ3v) is 5.28. The average Bonchev–Trinajstić information content (AvgIpc) is 2.97. The summed E-state index contributed by atoms with van der Waals surface area (Å²) in [6.45, 7) is 9.08. The summed E-state index contributed by atoms with van der Waals surface area (Å²) in [4.78, 5) is 14.6. The number of carbonyl (C=O) groups is 1. The van der Waals surface area contributed by atoms with Gasteiger partial charge in [-0.2, -0.15) is 0 Å². The van der Waals surface area contributed by atoms with Crippen molar-refractivity contribution in [1.29, 1.82) is 0 Å². The molecule has 3 rings (SSSR count). The minimum Gasteiger partial charge on any atom is -0.463 e. The molecule has 1 aromatic heterocycles. The van der Waals surface area contributed by atoms with E-state index in [0.29, 0.717) is 6.61 Å². The number of carbonyl (C=O) groups excluding carboxylic acids is 1. The van der Waals surface area contributed by atoms with Crippen molar-refractivity contribution in [2.45, 2.75) is 40.0 Å². The van der Waals surface area contributed by atoms with E-state index in [4.69, 9.17) is 4.74 Å². The first-order valence-corrected chi connectivity index (χ1v) is 10.0. The van der Waals surface area contributed by atoms with Gasteiger partial charge < -0.3 is 9.30 Å². The number of nitrogens with zero attached hydrogens (tertiary/aromatic N) is 2. The lowest BCUT2D eigenvalue weighted by Gasteiger charge is -2.27. The molecule has 0 aliphatic carbocycles. The minimum atomic E-state index is -0.305. The van der Waals surface area contributed by atoms with Gasteiger partial charge in [-0.3, -0.25) is 4.90 Å². The number of piperidine rings is 1. The molecule has 1 aliphatic heterocycles. The molecule has 0 radical (unpaired) electrons. The second-order valence-electron chi connectivity index (χ2n) is 7.36. The molecule has 1 aliphatic rings. The molecule has 1 aromatic carbocycles. The standard InChI is InChI=1S/C23H29FN2O2/c1-4-28-23(27)15-19(16-25-12-6-5-7-13-25)22-14-17(2)26(18(22)3)21-10-8-20(24)9-11-21/h8-11,14-15H,4-7,12-13,16H2,1-3H3. The first-order valence-electron chi connectivity index (χ1n) is 10.0. The molecule has 5 heteroatoms. The Labute approximate surface area is 166 Å². The Morgan fingerprint density at radius 2 is 1.82 bits per heavy atom. The van der Waals surface area contributed by atoms with E-state index in [-0.39, 0.29) is 11.8 Å². The molecule has 4 nitrogen and oxygen atoms in total. The molecule has 0 unspecified atom stereocenters. The van der Waals surface area contributed by atoms with Crippen LogP contribution in [0.2, 0.25) is 0 Å². The molecule has 0 spiro atoms. The Balaban J connectivity index is 1.98. The summed E-state index contributed by atoms with van der Waals surface area (Å²) in [5, 5.41) is 0. The summed E-state index contributed by atoms with van der Waals surface area (Å²) in [6, 6.07) is 8.60. The van der Waals surface area contributed by atoms with E-state index < -0.39 is 0 Å². The average molecular weight is 384 g/mol. The van der Waals surface area contributed by atoms with Gasteiger partial charge >= 0.3 is 5.97 Å². The van der Waals surface area contributed by atoms with Gasteiger partial charge in [-0.15, -0.1) is 0 Å². The highest BCUT2D eigenvalue weighted by molar-refractivity contribution is 5.92. The molecular formula is C23H29FN2O2. The van der Waals surface area contributed by atoms with E-state index in [1.807, 2.05) is 20.8 Å². The van der Waals surface area contributed by atoms with Gasteiger partial charge in [0.1, 0.15) is 5.82 Å². The maximum Gasteiger partial charge on any atom is 0.331 e. The lowest BCUT2D eigenvalue weighted by molar-refractivity contribution is -0.137. The predicted molar refractivity (Wildman–Crippen MR) is 110 cm³/mol. The fraction of sp³-hybridized carbons (Fsp3) is 0.435. The van der Waals surface area contributed by atoms with Crippen molar-refractivity contribution in [3.63, 3.8) is 0 Å². The van der Waals surface area contributed by atoms with Crippen LogP contribution in [-0.2, 0) is 9.53 Å². The van der Waals surface area contributed by atoms with Crippen molar-refractivity contribution < 1.29 is 13.9 Å². The third kappa shape index (κ3) is 4.71. The molecule has 0 bridgehead atoms. The highest BCUT2D eigenvalue weighted by atomic mass is 19.1. The topological polar surface area (TPSA) is 34.5 Å². The Morgan fingerprint density at radius 1 is 1.14 bits per heavy atom. The van der Waals surface area contributed by atoms with Crippen LogP contribution >= 0.6 is 0 Å². The molecule has 0 amide bonds. The SMILES string of the molecule is CCOC(=O)C=C(CN1CCCCC1)c1cc(C)n(-c2ccc(F)cc2)c1C. The molecule has 2 aromatic rings. The van der Waals surface area contributed by atoms with Gasteiger partial charge in [-0.05, 0) is 82.6 Å². The van der Waals surface area contributed by atoms with Gasteiger partial charge in [-0.1, -0.05) is 6.42 Å². The molecule has 28 heavy (non-hydrogen) atoms. The molecule has 0 saturated carbocycles. The van der Waals surface area contributed by atoms with Crippen LogP contribution in [-0.4, -0.2) is 41.7 Å². The number of hydrogen-bond acceptors (Lipinski definition) is 3. The lowest BCUT2D eigenvalue weighted by atomic mass is 10.0. The Hall–Kier alpha value is -2.40. The number of aryl methyl sites for hydroxylation is 1. The largest absolute Gasteiger partial charge is 0.463 e. The van der Waals surface area contributed by atoms with Crippen molar-refractivity contribution in [2.75, 3.05) is 26.2 Å². The van der Waals surface area contributed by atoms with Crippen molar-refractivity contribution >= 4 is 11.5 Å². The molecule has 150 valence electrons. The van der Waals surface area contributed by atoms with Gasteiger partial charge in [0.05, 0.1) is 6.61 Å². The van der Waals surface area contributed by atoms with Crippen molar-refractivity contribution in [3.8, 4) is 5.69 Å². The van der Waals surface area contributed by atoms with Gasteiger partial charge in [0, 0.05) is 35.3 Å². The van der Waals surface area contributed by atoms with Crippen LogP contribution in [0.5, 0.6) is 0 Å². The molecule has 0 N–H and O–H groups in total. The Kier molecular flexibility index (Phi) is 6.68. The molecular weight excluding hydrogens is 355 g/mol. The predicted octanol–water partition coefficient (Wildman–Crippen LogP) is 4.67. The van der Waals surface area contributed by atoms with E-state index in [9.17, 15) is 9.18 Å². The highest BCUT2D eigenvalue weighted by Gasteiger charge is 2.19. The summed E-state index contributed by atoms with van der Waals surface area (Å²) in [7, 11) is 0. The number of esters is 1. The first-order chi connectivity index (χ1) is 13.5. The number of aromatic nitrogens is 1. The Bertz CT molecular complexity index is 846. The quantitative estimate of drug-likeness (QED) is 0.536.